The van der Waals surface area contributed by atoms with Crippen LogP contribution in [-0.4, -0.2) is 50.2 Å². The first-order valence-electron chi connectivity index (χ1n) is 9.49. The molecule has 142 valence electrons. The number of carbonyl (C=O) groups excluding carboxylic acids is 1. The van der Waals surface area contributed by atoms with Crippen molar-refractivity contribution in [3.8, 4) is 0 Å². The maximum Gasteiger partial charge on any atom is 0.225 e. The van der Waals surface area contributed by atoms with Gasteiger partial charge >= 0.3 is 0 Å². The zero-order chi connectivity index (χ0) is 18.9. The first-order chi connectivity index (χ1) is 12.3. The Labute approximate surface area is 160 Å². The molecule has 0 aliphatic carbocycles. The molecule has 3 rings (SSSR count). The van der Waals surface area contributed by atoms with Crippen molar-refractivity contribution < 1.29 is 9.69 Å². The van der Waals surface area contributed by atoms with Crippen molar-refractivity contribution in [3.05, 3.63) is 23.3 Å². The highest BCUT2D eigenvalue weighted by Gasteiger charge is 2.24. The standard InChI is InChI=1S/C20H30N4OS/c1-14-6-7-16-17(15(14)2)22-19(26-16)24-12-10-23(11-13-24)9-8-21-18(25)20(3,4)5/h6-7H,8-13H2,1-5H3,(H,21,25)/p+1. The lowest BCUT2D eigenvalue weighted by Gasteiger charge is -2.32. The molecular weight excluding hydrogens is 344 g/mol. The van der Waals surface area contributed by atoms with Crippen molar-refractivity contribution in [2.45, 2.75) is 34.6 Å². The zero-order valence-electron chi connectivity index (χ0n) is 16.6. The first-order valence-corrected chi connectivity index (χ1v) is 10.3. The van der Waals surface area contributed by atoms with Crippen molar-refractivity contribution in [1.82, 2.24) is 10.3 Å². The van der Waals surface area contributed by atoms with Crippen LogP contribution >= 0.6 is 11.3 Å². The number of hydrogen-bond donors (Lipinski definition) is 2. The van der Waals surface area contributed by atoms with E-state index in [0.717, 1.165) is 49.9 Å². The Kier molecular flexibility index (Phi) is 5.53. The van der Waals surface area contributed by atoms with Crippen LogP contribution in [0.4, 0.5) is 5.13 Å². The summed E-state index contributed by atoms with van der Waals surface area (Å²) in [6.45, 7) is 16.2. The smallest absolute Gasteiger partial charge is 0.225 e. The fourth-order valence-electron chi connectivity index (χ4n) is 3.23. The van der Waals surface area contributed by atoms with Crippen molar-refractivity contribution in [2.75, 3.05) is 44.2 Å². The predicted molar refractivity (Wildman–Crippen MR) is 109 cm³/mol. The molecule has 1 saturated heterocycles. The molecule has 1 aliphatic rings. The molecule has 26 heavy (non-hydrogen) atoms. The highest BCUT2D eigenvalue weighted by atomic mass is 32.1. The number of aromatic nitrogens is 1. The molecule has 1 fully saturated rings. The number of anilines is 1. The molecule has 0 saturated carbocycles. The minimum absolute atomic E-state index is 0.135. The van der Waals surface area contributed by atoms with Crippen LogP contribution in [0.2, 0.25) is 0 Å². The van der Waals surface area contributed by atoms with E-state index < -0.39 is 0 Å². The number of piperazine rings is 1. The van der Waals surface area contributed by atoms with E-state index in [-0.39, 0.29) is 11.3 Å². The van der Waals surface area contributed by atoms with Crippen molar-refractivity contribution >= 4 is 32.6 Å². The van der Waals surface area contributed by atoms with Gasteiger partial charge in [0, 0.05) is 5.41 Å². The molecule has 2 aromatic rings. The van der Waals surface area contributed by atoms with Gasteiger partial charge in [-0.15, -0.1) is 0 Å². The fraction of sp³-hybridized carbons (Fsp3) is 0.600. The number of carbonyl (C=O) groups is 1. The quantitative estimate of drug-likeness (QED) is 0.856. The van der Waals surface area contributed by atoms with E-state index in [0.29, 0.717) is 0 Å². The summed E-state index contributed by atoms with van der Waals surface area (Å²) in [6, 6.07) is 4.38. The van der Waals surface area contributed by atoms with E-state index in [9.17, 15) is 4.79 Å². The van der Waals surface area contributed by atoms with Crippen molar-refractivity contribution in [1.29, 1.82) is 0 Å². The third kappa shape index (κ3) is 4.18. The van der Waals surface area contributed by atoms with Crippen LogP contribution in [-0.2, 0) is 4.79 Å². The summed E-state index contributed by atoms with van der Waals surface area (Å²) in [6.07, 6.45) is 0. The van der Waals surface area contributed by atoms with E-state index >= 15 is 0 Å². The minimum atomic E-state index is -0.308. The molecule has 0 spiro atoms. The molecule has 2 heterocycles. The average molecular weight is 376 g/mol. The highest BCUT2D eigenvalue weighted by molar-refractivity contribution is 7.22. The topological polar surface area (TPSA) is 49.7 Å². The molecule has 0 atom stereocenters. The maximum atomic E-state index is 11.9. The third-order valence-electron chi connectivity index (χ3n) is 5.26. The molecule has 1 aromatic carbocycles. The Hall–Kier alpha value is -1.66. The monoisotopic (exact) mass is 375 g/mol. The van der Waals surface area contributed by atoms with E-state index in [1.165, 1.54) is 15.8 Å². The largest absolute Gasteiger partial charge is 0.350 e. The Balaban J connectivity index is 1.52. The van der Waals surface area contributed by atoms with Crippen LogP contribution in [0.5, 0.6) is 0 Å². The van der Waals surface area contributed by atoms with Gasteiger partial charge < -0.3 is 15.1 Å². The first kappa shape index (κ1) is 19.1. The summed E-state index contributed by atoms with van der Waals surface area (Å²) < 4.78 is 1.28. The second-order valence-corrected chi connectivity index (χ2v) is 9.35. The number of quaternary nitrogens is 1. The van der Waals surface area contributed by atoms with Gasteiger partial charge in [0.15, 0.2) is 5.13 Å². The lowest BCUT2D eigenvalue weighted by Crippen LogP contribution is -3.15. The van der Waals surface area contributed by atoms with Crippen LogP contribution < -0.4 is 15.1 Å². The summed E-state index contributed by atoms with van der Waals surface area (Å²) in [4.78, 5) is 20.8. The van der Waals surface area contributed by atoms with E-state index in [4.69, 9.17) is 4.98 Å². The second-order valence-electron chi connectivity index (χ2n) is 8.34. The molecule has 1 aliphatic heterocycles. The van der Waals surface area contributed by atoms with Crippen molar-refractivity contribution in [3.63, 3.8) is 0 Å². The molecule has 0 bridgehead atoms. The number of benzene rings is 1. The number of hydrogen-bond acceptors (Lipinski definition) is 4. The average Bonchev–Trinajstić information content (AvgIpc) is 3.03. The van der Waals surface area contributed by atoms with Gasteiger partial charge in [0.1, 0.15) is 0 Å². The molecule has 1 aromatic heterocycles. The Morgan fingerprint density at radius 1 is 1.27 bits per heavy atom. The number of nitrogens with zero attached hydrogens (tertiary/aromatic N) is 2. The van der Waals surface area contributed by atoms with E-state index in [1.807, 2.05) is 20.8 Å². The van der Waals surface area contributed by atoms with Gasteiger partial charge in [-0.05, 0) is 31.0 Å². The zero-order valence-corrected chi connectivity index (χ0v) is 17.4. The summed E-state index contributed by atoms with van der Waals surface area (Å²) in [5.74, 6) is 0.135. The van der Waals surface area contributed by atoms with Crippen LogP contribution in [0.15, 0.2) is 12.1 Å². The lowest BCUT2D eigenvalue weighted by atomic mass is 9.96. The van der Waals surface area contributed by atoms with Crippen molar-refractivity contribution in [2.24, 2.45) is 5.41 Å². The molecule has 0 radical (unpaired) electrons. The van der Waals surface area contributed by atoms with Gasteiger partial charge in [0.25, 0.3) is 0 Å². The summed E-state index contributed by atoms with van der Waals surface area (Å²) in [5, 5.41) is 4.21. The summed E-state index contributed by atoms with van der Waals surface area (Å²) in [5.41, 5.74) is 3.45. The Morgan fingerprint density at radius 3 is 2.62 bits per heavy atom. The normalized spacial score (nSPS) is 16.3. The number of thiazole rings is 1. The van der Waals surface area contributed by atoms with E-state index in [2.05, 4.69) is 36.2 Å². The number of fused-ring (bicyclic) bond motifs is 1. The summed E-state index contributed by atoms with van der Waals surface area (Å²) in [7, 11) is 0. The SMILES string of the molecule is Cc1ccc2sc(N3CC[NH+](CCNC(=O)C(C)(C)C)CC3)nc2c1C. The molecule has 6 heteroatoms. The number of rotatable bonds is 4. The number of amides is 1. The lowest BCUT2D eigenvalue weighted by molar-refractivity contribution is -0.899. The van der Waals surface area contributed by atoms with Gasteiger partial charge in [-0.2, -0.15) is 0 Å². The Morgan fingerprint density at radius 2 is 1.96 bits per heavy atom. The van der Waals surface area contributed by atoms with Gasteiger partial charge in [-0.1, -0.05) is 38.2 Å². The molecule has 2 N–H and O–H groups in total. The van der Waals surface area contributed by atoms with Crippen LogP contribution in [0.3, 0.4) is 0 Å². The molecule has 0 unspecified atom stereocenters. The molecular formula is C20H31N4OS+. The predicted octanol–water partition coefficient (Wildman–Crippen LogP) is 1.78. The Bertz CT molecular complexity index is 785. The summed E-state index contributed by atoms with van der Waals surface area (Å²) >= 11 is 1.80. The highest BCUT2D eigenvalue weighted by Crippen LogP contribution is 2.31. The van der Waals surface area contributed by atoms with Gasteiger partial charge in [-0.25, -0.2) is 4.98 Å². The third-order valence-corrected chi connectivity index (χ3v) is 6.34. The van der Waals surface area contributed by atoms with Crippen LogP contribution in [0.1, 0.15) is 31.9 Å². The second kappa shape index (κ2) is 7.53. The molecule has 5 nitrogen and oxygen atoms in total. The van der Waals surface area contributed by atoms with Crippen LogP contribution in [0, 0.1) is 19.3 Å². The minimum Gasteiger partial charge on any atom is -0.350 e. The van der Waals surface area contributed by atoms with Gasteiger partial charge in [0.2, 0.25) is 5.91 Å². The maximum absolute atomic E-state index is 11.9. The van der Waals surface area contributed by atoms with Gasteiger partial charge in [-0.3, -0.25) is 4.79 Å². The fourth-order valence-corrected chi connectivity index (χ4v) is 4.31. The molecule has 1 amide bonds. The number of aryl methyl sites for hydroxylation is 2. The van der Waals surface area contributed by atoms with Crippen LogP contribution in [0.25, 0.3) is 10.2 Å². The van der Waals surface area contributed by atoms with Gasteiger partial charge in [0.05, 0.1) is 49.5 Å². The van der Waals surface area contributed by atoms with E-state index in [1.54, 1.807) is 16.2 Å². The number of nitrogens with one attached hydrogen (secondary N) is 2.